The number of hydrogen-bond acceptors (Lipinski definition) is 5. The number of carbonyl (C=O) groups is 1. The van der Waals surface area contributed by atoms with Crippen molar-refractivity contribution in [1.82, 2.24) is 9.80 Å². The SMILES string of the molecule is O=C(c1ccccc1OC1CCN(Cc2ccc(OCCO)cc2)CC1)N1CCCCC1. The van der Waals surface area contributed by atoms with Crippen LogP contribution in [0.4, 0.5) is 0 Å². The fourth-order valence-electron chi connectivity index (χ4n) is 4.49. The van der Waals surface area contributed by atoms with Crippen LogP contribution in [0.5, 0.6) is 11.5 Å². The lowest BCUT2D eigenvalue weighted by Crippen LogP contribution is -2.38. The van der Waals surface area contributed by atoms with Gasteiger partial charge in [0.15, 0.2) is 0 Å². The van der Waals surface area contributed by atoms with Crippen molar-refractivity contribution in [2.45, 2.75) is 44.8 Å². The van der Waals surface area contributed by atoms with Gasteiger partial charge in [0.1, 0.15) is 24.2 Å². The third-order valence-electron chi connectivity index (χ3n) is 6.28. The van der Waals surface area contributed by atoms with E-state index in [1.807, 2.05) is 41.3 Å². The Morgan fingerprint density at radius 1 is 0.938 bits per heavy atom. The van der Waals surface area contributed by atoms with Gasteiger partial charge < -0.3 is 19.5 Å². The molecule has 6 heteroatoms. The summed E-state index contributed by atoms with van der Waals surface area (Å²) in [5.74, 6) is 1.61. The van der Waals surface area contributed by atoms with Gasteiger partial charge in [0.2, 0.25) is 0 Å². The number of aliphatic hydroxyl groups excluding tert-OH is 1. The number of piperidine rings is 2. The van der Waals surface area contributed by atoms with Crippen molar-refractivity contribution in [1.29, 1.82) is 0 Å². The fourth-order valence-corrected chi connectivity index (χ4v) is 4.49. The molecule has 2 aliphatic heterocycles. The first-order valence-corrected chi connectivity index (χ1v) is 11.8. The third-order valence-corrected chi connectivity index (χ3v) is 6.28. The van der Waals surface area contributed by atoms with Gasteiger partial charge in [0.25, 0.3) is 5.91 Å². The summed E-state index contributed by atoms with van der Waals surface area (Å²) in [6, 6.07) is 15.8. The molecule has 0 unspecified atom stereocenters. The molecule has 0 spiro atoms. The molecule has 2 saturated heterocycles. The van der Waals surface area contributed by atoms with E-state index in [1.54, 1.807) is 0 Å². The molecule has 0 atom stereocenters. The molecule has 0 radical (unpaired) electrons. The molecule has 2 aromatic rings. The van der Waals surface area contributed by atoms with Crippen LogP contribution in [0.25, 0.3) is 0 Å². The van der Waals surface area contributed by atoms with E-state index in [4.69, 9.17) is 14.6 Å². The molecule has 172 valence electrons. The minimum absolute atomic E-state index is 0.0235. The van der Waals surface area contributed by atoms with Crippen molar-refractivity contribution < 1.29 is 19.4 Å². The first-order valence-electron chi connectivity index (χ1n) is 11.8. The number of carbonyl (C=O) groups excluding carboxylic acids is 1. The number of para-hydroxylation sites is 1. The molecule has 2 aromatic carbocycles. The van der Waals surface area contributed by atoms with Gasteiger partial charge in [-0.05, 0) is 61.9 Å². The Hall–Kier alpha value is -2.57. The lowest BCUT2D eigenvalue weighted by molar-refractivity contribution is 0.0702. The van der Waals surface area contributed by atoms with Crippen molar-refractivity contribution in [2.24, 2.45) is 0 Å². The van der Waals surface area contributed by atoms with Gasteiger partial charge in [-0.25, -0.2) is 0 Å². The zero-order chi connectivity index (χ0) is 22.2. The second-order valence-corrected chi connectivity index (χ2v) is 8.66. The Balaban J connectivity index is 1.28. The highest BCUT2D eigenvalue weighted by Gasteiger charge is 2.25. The van der Waals surface area contributed by atoms with Crippen LogP contribution < -0.4 is 9.47 Å². The number of likely N-dealkylation sites (tertiary alicyclic amines) is 2. The molecular weight excluding hydrogens is 404 g/mol. The van der Waals surface area contributed by atoms with Crippen LogP contribution in [0.2, 0.25) is 0 Å². The fraction of sp³-hybridized carbons (Fsp3) is 0.500. The molecule has 0 aliphatic carbocycles. The molecule has 2 heterocycles. The molecule has 32 heavy (non-hydrogen) atoms. The summed E-state index contributed by atoms with van der Waals surface area (Å²) in [6.45, 7) is 4.87. The molecule has 0 aromatic heterocycles. The first-order chi connectivity index (χ1) is 15.7. The molecular formula is C26H34N2O4. The van der Waals surface area contributed by atoms with Crippen molar-refractivity contribution in [3.8, 4) is 11.5 Å². The maximum absolute atomic E-state index is 13.0. The maximum Gasteiger partial charge on any atom is 0.257 e. The van der Waals surface area contributed by atoms with Crippen molar-refractivity contribution in [3.63, 3.8) is 0 Å². The smallest absolute Gasteiger partial charge is 0.257 e. The lowest BCUT2D eigenvalue weighted by Gasteiger charge is -2.33. The lowest BCUT2D eigenvalue weighted by atomic mass is 10.1. The maximum atomic E-state index is 13.0. The average Bonchev–Trinajstić information content (AvgIpc) is 2.85. The minimum atomic E-state index is 0.0235. The van der Waals surface area contributed by atoms with E-state index in [1.165, 1.54) is 12.0 Å². The van der Waals surface area contributed by atoms with Crippen molar-refractivity contribution in [2.75, 3.05) is 39.4 Å². The van der Waals surface area contributed by atoms with E-state index in [9.17, 15) is 4.79 Å². The largest absolute Gasteiger partial charge is 0.491 e. The molecule has 4 rings (SSSR count). The Kier molecular flexibility index (Phi) is 8.02. The standard InChI is InChI=1S/C26H34N2O4/c29-18-19-31-22-10-8-21(9-11-22)20-27-16-12-23(13-17-27)32-25-7-3-2-6-24(25)26(30)28-14-4-1-5-15-28/h2-3,6-11,23,29H,1,4-5,12-20H2. The van der Waals surface area contributed by atoms with Crippen molar-refractivity contribution in [3.05, 3.63) is 59.7 Å². The number of aliphatic hydroxyl groups is 1. The van der Waals surface area contributed by atoms with E-state index in [2.05, 4.69) is 17.0 Å². The number of hydrogen-bond donors (Lipinski definition) is 1. The quantitative estimate of drug-likeness (QED) is 0.681. The van der Waals surface area contributed by atoms with E-state index in [0.29, 0.717) is 12.2 Å². The van der Waals surface area contributed by atoms with Gasteiger partial charge in [-0.15, -0.1) is 0 Å². The van der Waals surface area contributed by atoms with E-state index < -0.39 is 0 Å². The van der Waals surface area contributed by atoms with Gasteiger partial charge in [-0.2, -0.15) is 0 Å². The molecule has 1 amide bonds. The Bertz CT molecular complexity index is 856. The molecule has 2 fully saturated rings. The normalized spacial score (nSPS) is 17.8. The van der Waals surface area contributed by atoms with Gasteiger partial charge in [0.05, 0.1) is 12.2 Å². The number of amides is 1. The monoisotopic (exact) mass is 438 g/mol. The Morgan fingerprint density at radius 2 is 1.66 bits per heavy atom. The van der Waals surface area contributed by atoms with Crippen LogP contribution in [-0.2, 0) is 6.54 Å². The zero-order valence-corrected chi connectivity index (χ0v) is 18.7. The van der Waals surface area contributed by atoms with Crippen LogP contribution in [0.1, 0.15) is 48.0 Å². The highest BCUT2D eigenvalue weighted by Crippen LogP contribution is 2.26. The highest BCUT2D eigenvalue weighted by atomic mass is 16.5. The summed E-state index contributed by atoms with van der Waals surface area (Å²) in [5, 5.41) is 8.85. The summed E-state index contributed by atoms with van der Waals surface area (Å²) in [6.07, 6.45) is 5.42. The van der Waals surface area contributed by atoms with Crippen LogP contribution in [0, 0.1) is 0 Å². The third kappa shape index (κ3) is 6.02. The van der Waals surface area contributed by atoms with Crippen LogP contribution in [-0.4, -0.2) is 66.3 Å². The summed E-state index contributed by atoms with van der Waals surface area (Å²) in [5.41, 5.74) is 1.94. The first kappa shape index (κ1) is 22.6. The van der Waals surface area contributed by atoms with Gasteiger partial charge >= 0.3 is 0 Å². The average molecular weight is 439 g/mol. The zero-order valence-electron chi connectivity index (χ0n) is 18.7. The van der Waals surface area contributed by atoms with E-state index in [-0.39, 0.29) is 18.6 Å². The van der Waals surface area contributed by atoms with Gasteiger partial charge in [0, 0.05) is 32.7 Å². The highest BCUT2D eigenvalue weighted by molar-refractivity contribution is 5.97. The van der Waals surface area contributed by atoms with Crippen LogP contribution in [0.3, 0.4) is 0 Å². The molecule has 6 nitrogen and oxygen atoms in total. The summed E-state index contributed by atoms with van der Waals surface area (Å²) in [4.78, 5) is 17.4. The molecule has 1 N–H and O–H groups in total. The minimum Gasteiger partial charge on any atom is -0.491 e. The number of nitrogens with zero attached hydrogens (tertiary/aromatic N) is 2. The summed E-state index contributed by atoms with van der Waals surface area (Å²) in [7, 11) is 0. The topological polar surface area (TPSA) is 62.2 Å². The Morgan fingerprint density at radius 3 is 2.38 bits per heavy atom. The van der Waals surface area contributed by atoms with Crippen LogP contribution >= 0.6 is 0 Å². The van der Waals surface area contributed by atoms with Crippen molar-refractivity contribution >= 4 is 5.91 Å². The number of benzene rings is 2. The van der Waals surface area contributed by atoms with E-state index >= 15 is 0 Å². The predicted molar refractivity (Wildman–Crippen MR) is 124 cm³/mol. The second kappa shape index (κ2) is 11.3. The van der Waals surface area contributed by atoms with E-state index in [0.717, 1.165) is 69.9 Å². The summed E-state index contributed by atoms with van der Waals surface area (Å²) >= 11 is 0. The number of rotatable bonds is 8. The predicted octanol–water partition coefficient (Wildman–Crippen LogP) is 3.73. The van der Waals surface area contributed by atoms with Gasteiger partial charge in [-0.1, -0.05) is 24.3 Å². The summed E-state index contributed by atoms with van der Waals surface area (Å²) < 4.78 is 11.8. The molecule has 0 bridgehead atoms. The molecule has 0 saturated carbocycles. The second-order valence-electron chi connectivity index (χ2n) is 8.66. The molecule has 2 aliphatic rings. The van der Waals surface area contributed by atoms with Crippen LogP contribution in [0.15, 0.2) is 48.5 Å². The number of ether oxygens (including phenoxy) is 2. The Labute approximate surface area is 190 Å². The van der Waals surface area contributed by atoms with Gasteiger partial charge in [-0.3, -0.25) is 9.69 Å².